The SMILES string of the molecule is C[C@@H](NC(=O)c1cc(C2CC2)nc2ccccc12)c1ccco1. The summed E-state index contributed by atoms with van der Waals surface area (Å²) >= 11 is 0. The molecular weight excluding hydrogens is 288 g/mol. The van der Waals surface area contributed by atoms with Gasteiger partial charge in [-0.05, 0) is 44.0 Å². The third-order valence-electron chi connectivity index (χ3n) is 4.29. The van der Waals surface area contributed by atoms with Crippen LogP contribution in [0.2, 0.25) is 0 Å². The van der Waals surface area contributed by atoms with Crippen LogP contribution in [0, 0.1) is 0 Å². The van der Waals surface area contributed by atoms with Crippen molar-refractivity contribution in [2.45, 2.75) is 31.7 Å². The van der Waals surface area contributed by atoms with Gasteiger partial charge in [-0.1, -0.05) is 18.2 Å². The minimum Gasteiger partial charge on any atom is -0.467 e. The van der Waals surface area contributed by atoms with Crippen molar-refractivity contribution in [1.82, 2.24) is 10.3 Å². The van der Waals surface area contributed by atoms with Crippen LogP contribution in [0.1, 0.15) is 53.5 Å². The number of benzene rings is 1. The standard InChI is InChI=1S/C19H18N2O2/c1-12(18-7-4-10-23-18)20-19(22)15-11-17(13-8-9-13)21-16-6-3-2-5-14(15)16/h2-7,10-13H,8-9H2,1H3,(H,20,22)/t12-/m1/s1. The molecule has 116 valence electrons. The van der Waals surface area contributed by atoms with E-state index in [1.165, 1.54) is 0 Å². The second kappa shape index (κ2) is 5.54. The summed E-state index contributed by atoms with van der Waals surface area (Å²) in [5, 5.41) is 3.91. The maximum atomic E-state index is 12.8. The number of hydrogen-bond acceptors (Lipinski definition) is 3. The molecule has 0 saturated heterocycles. The lowest BCUT2D eigenvalue weighted by Crippen LogP contribution is -2.26. The zero-order valence-corrected chi connectivity index (χ0v) is 13.0. The molecule has 0 unspecified atom stereocenters. The smallest absolute Gasteiger partial charge is 0.252 e. The van der Waals surface area contributed by atoms with Crippen LogP contribution in [0.4, 0.5) is 0 Å². The average molecular weight is 306 g/mol. The molecule has 3 aromatic rings. The number of fused-ring (bicyclic) bond motifs is 1. The summed E-state index contributed by atoms with van der Waals surface area (Å²) in [6.45, 7) is 1.92. The summed E-state index contributed by atoms with van der Waals surface area (Å²) in [7, 11) is 0. The van der Waals surface area contributed by atoms with Crippen molar-refractivity contribution in [3.63, 3.8) is 0 Å². The molecule has 0 spiro atoms. The molecule has 1 fully saturated rings. The summed E-state index contributed by atoms with van der Waals surface area (Å²) in [6.07, 6.45) is 3.94. The van der Waals surface area contributed by atoms with Crippen molar-refractivity contribution in [3.8, 4) is 0 Å². The van der Waals surface area contributed by atoms with E-state index in [4.69, 9.17) is 9.40 Å². The second-order valence-electron chi connectivity index (χ2n) is 6.10. The molecule has 2 heterocycles. The van der Waals surface area contributed by atoms with Crippen molar-refractivity contribution in [2.24, 2.45) is 0 Å². The van der Waals surface area contributed by atoms with Crippen LogP contribution in [0.25, 0.3) is 10.9 Å². The normalized spacial score (nSPS) is 15.5. The molecule has 1 aromatic carbocycles. The minimum atomic E-state index is -0.172. The van der Waals surface area contributed by atoms with Gasteiger partial charge in [-0.15, -0.1) is 0 Å². The molecule has 4 rings (SSSR count). The van der Waals surface area contributed by atoms with Crippen LogP contribution in [0.15, 0.2) is 53.1 Å². The Bertz CT molecular complexity index is 851. The van der Waals surface area contributed by atoms with Crippen molar-refractivity contribution in [3.05, 3.63) is 65.7 Å². The first-order valence-electron chi connectivity index (χ1n) is 7.96. The van der Waals surface area contributed by atoms with E-state index in [1.54, 1.807) is 6.26 Å². The highest BCUT2D eigenvalue weighted by Crippen LogP contribution is 2.40. The summed E-state index contributed by atoms with van der Waals surface area (Å²) in [5.74, 6) is 1.17. The Morgan fingerprint density at radius 2 is 2.09 bits per heavy atom. The van der Waals surface area contributed by atoms with Crippen LogP contribution >= 0.6 is 0 Å². The predicted octanol–water partition coefficient (Wildman–Crippen LogP) is 4.20. The first kappa shape index (κ1) is 14.0. The molecule has 0 aliphatic heterocycles. The Kier molecular flexibility index (Phi) is 3.37. The van der Waals surface area contributed by atoms with E-state index in [2.05, 4.69) is 5.32 Å². The third-order valence-corrected chi connectivity index (χ3v) is 4.29. The molecule has 0 radical (unpaired) electrons. The highest BCUT2D eigenvalue weighted by molar-refractivity contribution is 6.06. The monoisotopic (exact) mass is 306 g/mol. The van der Waals surface area contributed by atoms with E-state index in [9.17, 15) is 4.79 Å². The fourth-order valence-corrected chi connectivity index (χ4v) is 2.86. The van der Waals surface area contributed by atoms with Crippen LogP contribution in [0.3, 0.4) is 0 Å². The summed E-state index contributed by atoms with van der Waals surface area (Å²) in [4.78, 5) is 17.5. The molecule has 1 saturated carbocycles. The number of nitrogens with zero attached hydrogens (tertiary/aromatic N) is 1. The number of carbonyl (C=O) groups is 1. The Morgan fingerprint density at radius 1 is 1.26 bits per heavy atom. The van der Waals surface area contributed by atoms with E-state index in [0.29, 0.717) is 11.5 Å². The lowest BCUT2D eigenvalue weighted by molar-refractivity contribution is 0.0937. The molecule has 1 amide bonds. The maximum absolute atomic E-state index is 12.8. The number of furan rings is 1. The molecule has 4 heteroatoms. The Balaban J connectivity index is 1.70. The molecule has 23 heavy (non-hydrogen) atoms. The van der Waals surface area contributed by atoms with Gasteiger partial charge in [-0.25, -0.2) is 0 Å². The van der Waals surface area contributed by atoms with Gasteiger partial charge in [0.25, 0.3) is 5.91 Å². The lowest BCUT2D eigenvalue weighted by atomic mass is 10.0. The second-order valence-corrected chi connectivity index (χ2v) is 6.10. The molecule has 1 aliphatic carbocycles. The van der Waals surface area contributed by atoms with Crippen molar-refractivity contribution in [2.75, 3.05) is 0 Å². The van der Waals surface area contributed by atoms with Gasteiger partial charge in [-0.2, -0.15) is 0 Å². The highest BCUT2D eigenvalue weighted by atomic mass is 16.3. The average Bonchev–Trinajstić information content (AvgIpc) is 3.27. The largest absolute Gasteiger partial charge is 0.467 e. The van der Waals surface area contributed by atoms with Gasteiger partial charge in [-0.3, -0.25) is 9.78 Å². The van der Waals surface area contributed by atoms with Crippen molar-refractivity contribution < 1.29 is 9.21 Å². The lowest BCUT2D eigenvalue weighted by Gasteiger charge is -2.14. The topological polar surface area (TPSA) is 55.1 Å². The minimum absolute atomic E-state index is 0.0885. The van der Waals surface area contributed by atoms with E-state index in [1.807, 2.05) is 49.4 Å². The number of carbonyl (C=O) groups excluding carboxylic acids is 1. The van der Waals surface area contributed by atoms with Gasteiger partial charge in [0.15, 0.2) is 0 Å². The van der Waals surface area contributed by atoms with Gasteiger partial charge in [0, 0.05) is 17.0 Å². The van der Waals surface area contributed by atoms with Gasteiger partial charge >= 0.3 is 0 Å². The van der Waals surface area contributed by atoms with E-state index in [-0.39, 0.29) is 11.9 Å². The van der Waals surface area contributed by atoms with Gasteiger partial charge in [0.1, 0.15) is 5.76 Å². The molecule has 2 aromatic heterocycles. The zero-order valence-electron chi connectivity index (χ0n) is 13.0. The predicted molar refractivity (Wildman–Crippen MR) is 88.3 cm³/mol. The Hall–Kier alpha value is -2.62. The van der Waals surface area contributed by atoms with Gasteiger partial charge < -0.3 is 9.73 Å². The summed E-state index contributed by atoms with van der Waals surface area (Å²) in [6, 6.07) is 13.3. The quantitative estimate of drug-likeness (QED) is 0.786. The summed E-state index contributed by atoms with van der Waals surface area (Å²) < 4.78 is 5.36. The van der Waals surface area contributed by atoms with Crippen molar-refractivity contribution in [1.29, 1.82) is 0 Å². The van der Waals surface area contributed by atoms with E-state index in [0.717, 1.165) is 35.2 Å². The molecular formula is C19H18N2O2. The Morgan fingerprint density at radius 3 is 2.83 bits per heavy atom. The zero-order chi connectivity index (χ0) is 15.8. The molecule has 1 aliphatic rings. The van der Waals surface area contributed by atoms with Crippen LogP contribution in [-0.4, -0.2) is 10.9 Å². The fourth-order valence-electron chi connectivity index (χ4n) is 2.86. The summed E-state index contributed by atoms with van der Waals surface area (Å²) in [5.41, 5.74) is 2.60. The molecule has 0 bridgehead atoms. The number of hydrogen-bond donors (Lipinski definition) is 1. The van der Waals surface area contributed by atoms with Gasteiger partial charge in [0.05, 0.1) is 23.4 Å². The third kappa shape index (κ3) is 2.72. The molecule has 4 nitrogen and oxygen atoms in total. The first-order valence-corrected chi connectivity index (χ1v) is 7.96. The number of para-hydroxylation sites is 1. The highest BCUT2D eigenvalue weighted by Gasteiger charge is 2.27. The van der Waals surface area contributed by atoms with Crippen molar-refractivity contribution >= 4 is 16.8 Å². The van der Waals surface area contributed by atoms with Crippen LogP contribution < -0.4 is 5.32 Å². The fraction of sp³-hybridized carbons (Fsp3) is 0.263. The Labute approximate surface area is 134 Å². The molecule has 1 N–H and O–H groups in total. The number of pyridine rings is 1. The van der Waals surface area contributed by atoms with E-state index >= 15 is 0 Å². The van der Waals surface area contributed by atoms with Crippen LogP contribution in [0.5, 0.6) is 0 Å². The number of aromatic nitrogens is 1. The first-order chi connectivity index (χ1) is 11.2. The van der Waals surface area contributed by atoms with Gasteiger partial charge in [0.2, 0.25) is 0 Å². The number of rotatable bonds is 4. The number of nitrogens with one attached hydrogen (secondary N) is 1. The maximum Gasteiger partial charge on any atom is 0.252 e. The molecule has 1 atom stereocenters. The number of amides is 1. The van der Waals surface area contributed by atoms with E-state index < -0.39 is 0 Å². The van der Waals surface area contributed by atoms with Crippen LogP contribution in [-0.2, 0) is 0 Å².